The summed E-state index contributed by atoms with van der Waals surface area (Å²) < 4.78 is 19.9. The summed E-state index contributed by atoms with van der Waals surface area (Å²) in [5, 5.41) is 10.4. The second-order valence-electron chi connectivity index (χ2n) is 7.67. The van der Waals surface area contributed by atoms with Crippen LogP contribution in [-0.4, -0.2) is 43.2 Å². The maximum Gasteiger partial charge on any atom is 0.250 e. The van der Waals surface area contributed by atoms with Crippen molar-refractivity contribution in [2.45, 2.75) is 25.2 Å². The highest BCUT2D eigenvalue weighted by Gasteiger charge is 2.27. The molecule has 154 valence electrons. The number of H-pyrrole nitrogens is 1. The fourth-order valence-corrected chi connectivity index (χ4v) is 5.83. The smallest absolute Gasteiger partial charge is 0.250 e. The number of aromatic amines is 1. The highest BCUT2D eigenvalue weighted by molar-refractivity contribution is 8.24. The summed E-state index contributed by atoms with van der Waals surface area (Å²) in [6.07, 6.45) is 3.85. The third-order valence-electron chi connectivity index (χ3n) is 5.82. The number of nitrogens with one attached hydrogen (secondary N) is 1. The highest BCUT2D eigenvalue weighted by atomic mass is 32.3. The van der Waals surface area contributed by atoms with Crippen molar-refractivity contribution < 1.29 is 19.0 Å². The molecule has 0 atom stereocenters. The molecule has 0 radical (unpaired) electrons. The Bertz CT molecular complexity index is 1050. The molecule has 0 spiro atoms. The molecule has 0 bridgehead atoms. The van der Waals surface area contributed by atoms with Crippen LogP contribution in [0.5, 0.6) is 0 Å². The molecule has 0 saturated carbocycles. The maximum atomic E-state index is 12.2. The van der Waals surface area contributed by atoms with Crippen LogP contribution in [0.3, 0.4) is 0 Å². The van der Waals surface area contributed by atoms with Crippen LogP contribution >= 0.6 is 10.6 Å². The van der Waals surface area contributed by atoms with E-state index in [4.69, 9.17) is 5.73 Å². The van der Waals surface area contributed by atoms with Crippen LogP contribution in [0.1, 0.15) is 40.2 Å². The van der Waals surface area contributed by atoms with Gasteiger partial charge in [-0.25, -0.2) is 0 Å². The Morgan fingerprint density at radius 3 is 2.59 bits per heavy atom. The fourth-order valence-electron chi connectivity index (χ4n) is 4.30. The Balaban J connectivity index is 1.85. The minimum Gasteiger partial charge on any atom is -0.396 e. The molecule has 0 unspecified atom stereocenters. The number of aromatic nitrogens is 1. The minimum atomic E-state index is -2.45. The Morgan fingerprint density at radius 2 is 1.90 bits per heavy atom. The van der Waals surface area contributed by atoms with Gasteiger partial charge in [-0.15, -0.1) is 0 Å². The van der Waals surface area contributed by atoms with E-state index in [1.54, 1.807) is 6.07 Å². The van der Waals surface area contributed by atoms with Gasteiger partial charge >= 0.3 is 0 Å². The molecule has 1 amide bonds. The van der Waals surface area contributed by atoms with E-state index < -0.39 is 16.5 Å². The van der Waals surface area contributed by atoms with Gasteiger partial charge in [-0.2, -0.15) is 10.6 Å². The predicted octanol–water partition coefficient (Wildman–Crippen LogP) is 4.10. The first kappa shape index (κ1) is 20.0. The number of amides is 1. The lowest BCUT2D eigenvalue weighted by Gasteiger charge is -2.39. The lowest BCUT2D eigenvalue weighted by Crippen LogP contribution is -2.19. The lowest BCUT2D eigenvalue weighted by molar-refractivity contribution is 0.100. The Labute approximate surface area is 171 Å². The number of carbonyl (C=O) groups is 1. The van der Waals surface area contributed by atoms with E-state index in [-0.39, 0.29) is 12.5 Å². The summed E-state index contributed by atoms with van der Waals surface area (Å²) in [4.78, 5) is 15.4. The molecule has 1 fully saturated rings. The Morgan fingerprint density at radius 1 is 1.17 bits per heavy atom. The molecule has 29 heavy (non-hydrogen) atoms. The SMILES string of the molecule is NC(=O)c1cc(-c2ccccc2CCO)cc2c(C3CCS(O)(O)CC3)c[nH]c12. The topological polar surface area (TPSA) is 120 Å². The largest absolute Gasteiger partial charge is 0.396 e. The molecule has 1 saturated heterocycles. The molecule has 2 heterocycles. The van der Waals surface area contributed by atoms with Crippen molar-refractivity contribution in [3.8, 4) is 11.1 Å². The molecule has 1 aromatic heterocycles. The Kier molecular flexibility index (Phi) is 5.40. The standard InChI is InChI=1S/C22H26N2O4S/c23-22(26)19-12-16(17-4-2-1-3-14(17)5-8-25)11-18-20(13-24-21(18)19)15-6-9-29(27,28)10-7-15/h1-4,11-13,15,24-25,27-28H,5-10H2,(H2,23,26). The zero-order chi connectivity index (χ0) is 20.6. The van der Waals surface area contributed by atoms with Gasteiger partial charge in [0.2, 0.25) is 0 Å². The van der Waals surface area contributed by atoms with Gasteiger partial charge in [-0.1, -0.05) is 24.3 Å². The molecule has 1 aliphatic rings. The molecule has 6 N–H and O–H groups in total. The summed E-state index contributed by atoms with van der Waals surface area (Å²) in [5.41, 5.74) is 10.8. The number of fused-ring (bicyclic) bond motifs is 1. The van der Waals surface area contributed by atoms with E-state index >= 15 is 0 Å². The van der Waals surface area contributed by atoms with Crippen LogP contribution < -0.4 is 5.73 Å². The normalized spacial score (nSPS) is 18.0. The number of hydrogen-bond acceptors (Lipinski definition) is 4. The predicted molar refractivity (Wildman–Crippen MR) is 118 cm³/mol. The van der Waals surface area contributed by atoms with Crippen LogP contribution in [0, 0.1) is 0 Å². The first-order valence-electron chi connectivity index (χ1n) is 9.77. The Hall–Kier alpha value is -2.32. The number of hydrogen-bond donors (Lipinski definition) is 5. The molecule has 6 nitrogen and oxygen atoms in total. The van der Waals surface area contributed by atoms with Crippen molar-refractivity contribution in [1.82, 2.24) is 4.98 Å². The maximum absolute atomic E-state index is 12.2. The van der Waals surface area contributed by atoms with Gasteiger partial charge in [-0.3, -0.25) is 13.9 Å². The van der Waals surface area contributed by atoms with Gasteiger partial charge in [0.15, 0.2) is 0 Å². The second kappa shape index (κ2) is 7.84. The minimum absolute atomic E-state index is 0.0474. The van der Waals surface area contributed by atoms with Gasteiger partial charge in [0.1, 0.15) is 0 Å². The molecular formula is C22H26N2O4S. The number of nitrogens with two attached hydrogens (primary N) is 1. The van der Waals surface area contributed by atoms with Crippen molar-refractivity contribution in [2.75, 3.05) is 18.1 Å². The number of carbonyl (C=O) groups excluding carboxylic acids is 1. The van der Waals surface area contributed by atoms with Crippen molar-refractivity contribution in [2.24, 2.45) is 5.73 Å². The van der Waals surface area contributed by atoms with E-state index in [9.17, 15) is 19.0 Å². The molecule has 4 rings (SSSR count). The summed E-state index contributed by atoms with van der Waals surface area (Å²) in [5.74, 6) is 0.521. The second-order valence-corrected chi connectivity index (χ2v) is 10.1. The zero-order valence-corrected chi connectivity index (χ0v) is 16.9. The molecular weight excluding hydrogens is 388 g/mol. The van der Waals surface area contributed by atoms with Crippen molar-refractivity contribution in [3.05, 3.63) is 59.3 Å². The molecule has 3 aromatic rings. The molecule has 1 aliphatic heterocycles. The molecule has 0 aliphatic carbocycles. The van der Waals surface area contributed by atoms with Crippen LogP contribution in [0.25, 0.3) is 22.0 Å². The fraction of sp³-hybridized carbons (Fsp3) is 0.318. The summed E-state index contributed by atoms with van der Waals surface area (Å²) >= 11 is 0. The quantitative estimate of drug-likeness (QED) is 0.432. The zero-order valence-electron chi connectivity index (χ0n) is 16.1. The monoisotopic (exact) mass is 414 g/mol. The highest BCUT2D eigenvalue weighted by Crippen LogP contribution is 2.49. The van der Waals surface area contributed by atoms with Gasteiger partial charge < -0.3 is 15.8 Å². The van der Waals surface area contributed by atoms with Gasteiger partial charge in [0.05, 0.1) is 11.1 Å². The summed E-state index contributed by atoms with van der Waals surface area (Å²) in [6.45, 7) is 0.0474. The van der Waals surface area contributed by atoms with Crippen LogP contribution in [0.2, 0.25) is 0 Å². The third kappa shape index (κ3) is 3.91. The molecule has 7 heteroatoms. The number of benzene rings is 2. The number of aliphatic hydroxyl groups excluding tert-OH is 1. The van der Waals surface area contributed by atoms with E-state index in [0.29, 0.717) is 41.8 Å². The number of aliphatic hydroxyl groups is 1. The van der Waals surface area contributed by atoms with E-state index in [1.165, 1.54) is 0 Å². The van der Waals surface area contributed by atoms with E-state index in [1.807, 2.05) is 30.5 Å². The van der Waals surface area contributed by atoms with Crippen molar-refractivity contribution in [3.63, 3.8) is 0 Å². The van der Waals surface area contributed by atoms with E-state index in [0.717, 1.165) is 27.6 Å². The number of rotatable bonds is 5. The molecule has 2 aromatic carbocycles. The third-order valence-corrected chi connectivity index (χ3v) is 7.60. The first-order chi connectivity index (χ1) is 13.9. The lowest BCUT2D eigenvalue weighted by atomic mass is 9.89. The summed E-state index contributed by atoms with van der Waals surface area (Å²) in [7, 11) is -2.45. The van der Waals surface area contributed by atoms with Gasteiger partial charge in [0, 0.05) is 29.7 Å². The summed E-state index contributed by atoms with van der Waals surface area (Å²) in [6, 6.07) is 11.7. The number of primary amides is 1. The van der Waals surface area contributed by atoms with Crippen molar-refractivity contribution in [1.29, 1.82) is 0 Å². The van der Waals surface area contributed by atoms with Crippen LogP contribution in [-0.2, 0) is 6.42 Å². The average Bonchev–Trinajstić information content (AvgIpc) is 3.12. The first-order valence-corrected chi connectivity index (χ1v) is 11.7. The van der Waals surface area contributed by atoms with Crippen molar-refractivity contribution >= 4 is 27.4 Å². The van der Waals surface area contributed by atoms with Gasteiger partial charge in [-0.05, 0) is 59.6 Å². The van der Waals surface area contributed by atoms with E-state index in [2.05, 4.69) is 11.1 Å². The average molecular weight is 415 g/mol. The van der Waals surface area contributed by atoms with Crippen LogP contribution in [0.15, 0.2) is 42.6 Å². The van der Waals surface area contributed by atoms with Gasteiger partial charge in [0.25, 0.3) is 5.91 Å². The van der Waals surface area contributed by atoms with Crippen LogP contribution in [0.4, 0.5) is 0 Å².